The van der Waals surface area contributed by atoms with E-state index in [-0.39, 0.29) is 12.6 Å². The van der Waals surface area contributed by atoms with Gasteiger partial charge in [0.15, 0.2) is 0 Å². The Hall–Kier alpha value is -0.620. The van der Waals surface area contributed by atoms with Gasteiger partial charge in [0.2, 0.25) is 0 Å². The zero-order chi connectivity index (χ0) is 13.5. The first kappa shape index (κ1) is 15.4. The molecule has 0 aliphatic carbocycles. The van der Waals surface area contributed by atoms with Gasteiger partial charge in [0.1, 0.15) is 0 Å². The number of benzene rings is 1. The molecule has 4 nitrogen and oxygen atoms in total. The highest BCUT2D eigenvalue weighted by Crippen LogP contribution is 2.27. The number of aliphatic hydroxyl groups excluding tert-OH is 1. The Bertz CT molecular complexity index is 372. The second-order valence-electron chi connectivity index (χ2n) is 4.20. The molecule has 0 aliphatic heterocycles. The highest BCUT2D eigenvalue weighted by molar-refractivity contribution is 9.10. The molecule has 5 heteroatoms. The molecular formula is C13H21BrN2O2. The Balaban J connectivity index is 2.88. The van der Waals surface area contributed by atoms with Crippen molar-refractivity contribution in [2.45, 2.75) is 13.0 Å². The summed E-state index contributed by atoms with van der Waals surface area (Å²) in [7, 11) is 1.67. The minimum absolute atomic E-state index is 0.00121. The van der Waals surface area contributed by atoms with E-state index in [0.29, 0.717) is 13.2 Å². The highest BCUT2D eigenvalue weighted by atomic mass is 79.9. The topological polar surface area (TPSA) is 58.7 Å². The van der Waals surface area contributed by atoms with Gasteiger partial charge in [0, 0.05) is 36.4 Å². The predicted octanol–water partition coefficient (Wildman–Crippen LogP) is 1.91. The summed E-state index contributed by atoms with van der Waals surface area (Å²) < 4.78 is 6.07. The second kappa shape index (κ2) is 7.74. The third-order valence-corrected chi connectivity index (χ3v) is 3.46. The molecule has 1 atom stereocenters. The Morgan fingerprint density at radius 3 is 2.67 bits per heavy atom. The van der Waals surface area contributed by atoms with Crippen molar-refractivity contribution in [1.82, 2.24) is 0 Å². The van der Waals surface area contributed by atoms with Gasteiger partial charge in [-0.05, 0) is 24.6 Å². The van der Waals surface area contributed by atoms with Crippen LogP contribution in [0.2, 0.25) is 0 Å². The summed E-state index contributed by atoms with van der Waals surface area (Å²) in [5.74, 6) is 0. The van der Waals surface area contributed by atoms with Crippen LogP contribution in [0.4, 0.5) is 5.69 Å². The molecule has 0 bridgehead atoms. The molecule has 0 unspecified atom stereocenters. The molecule has 1 aromatic rings. The van der Waals surface area contributed by atoms with Crippen molar-refractivity contribution in [2.24, 2.45) is 5.73 Å². The molecular weight excluding hydrogens is 296 g/mol. The Labute approximate surface area is 117 Å². The van der Waals surface area contributed by atoms with Gasteiger partial charge in [0.05, 0.1) is 13.2 Å². The standard InChI is InChI=1S/C13H21BrN2O2/c1-10(15)12-4-3-11(9-13(12)14)16(5-7-17)6-8-18-2/h3-4,9-10,17H,5-8,15H2,1-2H3/t10-/m1/s1. The van der Waals surface area contributed by atoms with E-state index in [1.165, 1.54) is 0 Å². The molecule has 0 heterocycles. The molecule has 18 heavy (non-hydrogen) atoms. The molecule has 0 radical (unpaired) electrons. The predicted molar refractivity (Wildman–Crippen MR) is 77.9 cm³/mol. The minimum atomic E-state index is -0.00121. The van der Waals surface area contributed by atoms with Crippen molar-refractivity contribution in [3.8, 4) is 0 Å². The van der Waals surface area contributed by atoms with E-state index in [2.05, 4.69) is 20.8 Å². The Morgan fingerprint density at radius 1 is 1.44 bits per heavy atom. The number of anilines is 1. The van der Waals surface area contributed by atoms with Crippen molar-refractivity contribution < 1.29 is 9.84 Å². The first-order valence-electron chi connectivity index (χ1n) is 6.00. The zero-order valence-electron chi connectivity index (χ0n) is 10.9. The van der Waals surface area contributed by atoms with Crippen LogP contribution in [0.3, 0.4) is 0 Å². The molecule has 1 aromatic carbocycles. The molecule has 0 fully saturated rings. The molecule has 0 aliphatic rings. The van der Waals surface area contributed by atoms with Crippen LogP contribution in [0, 0.1) is 0 Å². The van der Waals surface area contributed by atoms with E-state index < -0.39 is 0 Å². The molecule has 102 valence electrons. The van der Waals surface area contributed by atoms with Crippen LogP contribution in [0.15, 0.2) is 22.7 Å². The van der Waals surface area contributed by atoms with Crippen molar-refractivity contribution in [2.75, 3.05) is 38.3 Å². The SMILES string of the molecule is COCCN(CCO)c1ccc([C@@H](C)N)c(Br)c1. The first-order valence-corrected chi connectivity index (χ1v) is 6.79. The first-order chi connectivity index (χ1) is 8.60. The van der Waals surface area contributed by atoms with Crippen molar-refractivity contribution in [3.63, 3.8) is 0 Å². The molecule has 3 N–H and O–H groups in total. The fourth-order valence-electron chi connectivity index (χ4n) is 1.77. The summed E-state index contributed by atoms with van der Waals surface area (Å²) in [5.41, 5.74) is 8.01. The van der Waals surface area contributed by atoms with Crippen LogP contribution >= 0.6 is 15.9 Å². The van der Waals surface area contributed by atoms with Crippen LogP contribution in [0.5, 0.6) is 0 Å². The number of halogens is 1. The lowest BCUT2D eigenvalue weighted by Gasteiger charge is -2.24. The number of hydrogen-bond donors (Lipinski definition) is 2. The number of nitrogens with two attached hydrogens (primary N) is 1. The van der Waals surface area contributed by atoms with E-state index in [1.807, 2.05) is 25.1 Å². The zero-order valence-corrected chi connectivity index (χ0v) is 12.5. The van der Waals surface area contributed by atoms with Gasteiger partial charge < -0.3 is 20.5 Å². The van der Waals surface area contributed by atoms with E-state index in [4.69, 9.17) is 15.6 Å². The monoisotopic (exact) mass is 316 g/mol. The average molecular weight is 317 g/mol. The van der Waals surface area contributed by atoms with E-state index in [1.54, 1.807) is 7.11 Å². The molecule has 1 rings (SSSR count). The molecule has 0 aromatic heterocycles. The summed E-state index contributed by atoms with van der Waals surface area (Å²) in [6.45, 7) is 4.05. The quantitative estimate of drug-likeness (QED) is 0.807. The smallest absolute Gasteiger partial charge is 0.0637 e. The maximum Gasteiger partial charge on any atom is 0.0637 e. The maximum atomic E-state index is 9.10. The van der Waals surface area contributed by atoms with Crippen LogP contribution in [-0.2, 0) is 4.74 Å². The van der Waals surface area contributed by atoms with Crippen LogP contribution in [0.1, 0.15) is 18.5 Å². The van der Waals surface area contributed by atoms with Crippen molar-refractivity contribution in [3.05, 3.63) is 28.2 Å². The number of hydrogen-bond acceptors (Lipinski definition) is 4. The van der Waals surface area contributed by atoms with Gasteiger partial charge in [-0.1, -0.05) is 22.0 Å². The van der Waals surface area contributed by atoms with E-state index >= 15 is 0 Å². The van der Waals surface area contributed by atoms with E-state index in [9.17, 15) is 0 Å². The fraction of sp³-hybridized carbons (Fsp3) is 0.538. The van der Waals surface area contributed by atoms with Crippen molar-refractivity contribution >= 4 is 21.6 Å². The number of methoxy groups -OCH3 is 1. The number of rotatable bonds is 7. The lowest BCUT2D eigenvalue weighted by Crippen LogP contribution is -2.30. The average Bonchev–Trinajstić information content (AvgIpc) is 2.33. The fourth-order valence-corrected chi connectivity index (χ4v) is 2.50. The summed E-state index contributed by atoms with van der Waals surface area (Å²) in [5, 5.41) is 9.10. The highest BCUT2D eigenvalue weighted by Gasteiger charge is 2.10. The summed E-state index contributed by atoms with van der Waals surface area (Å²) in [4.78, 5) is 2.08. The number of ether oxygens (including phenoxy) is 1. The van der Waals surface area contributed by atoms with Gasteiger partial charge in [-0.25, -0.2) is 0 Å². The lowest BCUT2D eigenvalue weighted by atomic mass is 10.1. The normalized spacial score (nSPS) is 12.5. The van der Waals surface area contributed by atoms with E-state index in [0.717, 1.165) is 22.3 Å². The summed E-state index contributed by atoms with van der Waals surface area (Å²) in [6.07, 6.45) is 0. The second-order valence-corrected chi connectivity index (χ2v) is 5.05. The van der Waals surface area contributed by atoms with Gasteiger partial charge in [-0.15, -0.1) is 0 Å². The van der Waals surface area contributed by atoms with Gasteiger partial charge in [-0.3, -0.25) is 0 Å². The number of nitrogens with zero attached hydrogens (tertiary/aromatic N) is 1. The summed E-state index contributed by atoms with van der Waals surface area (Å²) >= 11 is 3.53. The number of aliphatic hydroxyl groups is 1. The molecule has 0 saturated carbocycles. The van der Waals surface area contributed by atoms with Crippen LogP contribution < -0.4 is 10.6 Å². The Morgan fingerprint density at radius 2 is 2.17 bits per heavy atom. The Kier molecular flexibility index (Phi) is 6.63. The van der Waals surface area contributed by atoms with Crippen LogP contribution in [-0.4, -0.2) is 38.5 Å². The van der Waals surface area contributed by atoms with Gasteiger partial charge in [-0.2, -0.15) is 0 Å². The van der Waals surface area contributed by atoms with Crippen LogP contribution in [0.25, 0.3) is 0 Å². The maximum absolute atomic E-state index is 9.10. The largest absolute Gasteiger partial charge is 0.395 e. The van der Waals surface area contributed by atoms with Crippen molar-refractivity contribution in [1.29, 1.82) is 0 Å². The minimum Gasteiger partial charge on any atom is -0.395 e. The summed E-state index contributed by atoms with van der Waals surface area (Å²) in [6, 6.07) is 6.07. The third kappa shape index (κ3) is 4.24. The van der Waals surface area contributed by atoms with Gasteiger partial charge >= 0.3 is 0 Å². The molecule has 0 spiro atoms. The molecule has 0 saturated heterocycles. The lowest BCUT2D eigenvalue weighted by molar-refractivity contribution is 0.203. The third-order valence-electron chi connectivity index (χ3n) is 2.77. The molecule has 0 amide bonds. The van der Waals surface area contributed by atoms with Gasteiger partial charge in [0.25, 0.3) is 0 Å².